The van der Waals surface area contributed by atoms with Crippen LogP contribution in [0.3, 0.4) is 0 Å². The van der Waals surface area contributed by atoms with E-state index in [1.807, 2.05) is 6.07 Å². The Balaban J connectivity index is 1.61. The van der Waals surface area contributed by atoms with Crippen LogP contribution in [0.1, 0.15) is 5.56 Å². The average Bonchev–Trinajstić information content (AvgIpc) is 2.63. The zero-order valence-corrected chi connectivity index (χ0v) is 17.3. The Kier molecular flexibility index (Phi) is 6.22. The van der Waals surface area contributed by atoms with Gasteiger partial charge in [0.2, 0.25) is 10.0 Å². The molecule has 0 radical (unpaired) electrons. The Morgan fingerprint density at radius 3 is 2.32 bits per heavy atom. The van der Waals surface area contributed by atoms with Gasteiger partial charge in [0, 0.05) is 42.1 Å². The fraction of sp³-hybridized carbons (Fsp3) is 0.333. The predicted molar refractivity (Wildman–Crippen MR) is 106 cm³/mol. The van der Waals surface area contributed by atoms with Gasteiger partial charge in [-0.25, -0.2) is 8.42 Å². The van der Waals surface area contributed by atoms with Crippen molar-refractivity contribution in [3.8, 4) is 0 Å². The molecule has 7 heteroatoms. The lowest BCUT2D eigenvalue weighted by atomic mass is 10.2. The molecule has 2 aromatic carbocycles. The molecule has 0 atom stereocenters. The Bertz CT molecular complexity index is 817. The first-order valence-corrected chi connectivity index (χ1v) is 11.6. The van der Waals surface area contributed by atoms with E-state index in [0.29, 0.717) is 18.0 Å². The summed E-state index contributed by atoms with van der Waals surface area (Å²) in [7, 11) is -3.42. The molecule has 25 heavy (non-hydrogen) atoms. The monoisotopic (exact) mass is 440 g/mol. The molecule has 1 fully saturated rings. The fourth-order valence-electron chi connectivity index (χ4n) is 2.89. The summed E-state index contributed by atoms with van der Waals surface area (Å²) in [6, 6.07) is 15.5. The molecule has 3 rings (SSSR count). The van der Waals surface area contributed by atoms with Gasteiger partial charge < -0.3 is 0 Å². The number of hydrogen-bond donors (Lipinski definition) is 0. The maximum absolute atomic E-state index is 12.8. The van der Waals surface area contributed by atoms with E-state index < -0.39 is 10.0 Å². The molecular formula is C18H21BrN2O2S2. The Hall–Kier alpha value is -0.860. The molecule has 4 nitrogen and oxygen atoms in total. The molecule has 0 saturated carbocycles. The fourth-order valence-corrected chi connectivity index (χ4v) is 5.32. The van der Waals surface area contributed by atoms with Crippen molar-refractivity contribution in [3.63, 3.8) is 0 Å². The lowest BCUT2D eigenvalue weighted by Crippen LogP contribution is -2.48. The number of benzene rings is 2. The number of thioether (sulfide) groups is 1. The zero-order chi connectivity index (χ0) is 17.9. The molecule has 0 bridgehead atoms. The largest absolute Gasteiger partial charge is 0.296 e. The molecule has 0 spiro atoms. The first-order chi connectivity index (χ1) is 12.0. The summed E-state index contributed by atoms with van der Waals surface area (Å²) in [5.41, 5.74) is 1.26. The quantitative estimate of drug-likeness (QED) is 0.664. The van der Waals surface area contributed by atoms with Crippen molar-refractivity contribution >= 4 is 37.7 Å². The molecule has 0 N–H and O–H groups in total. The molecule has 1 aliphatic rings. The predicted octanol–water partition coefficient (Wildman–Crippen LogP) is 3.68. The summed E-state index contributed by atoms with van der Waals surface area (Å²) in [6.45, 7) is 3.41. The third kappa shape index (κ3) is 4.65. The minimum absolute atomic E-state index is 0.350. The maximum atomic E-state index is 12.8. The standard InChI is InChI=1S/C18H21BrN2O2S2/c1-24-17-7-5-15(6-8-17)14-20-9-11-21(12-10-20)25(22,23)18-4-2-3-16(19)13-18/h2-8,13H,9-12,14H2,1H3. The topological polar surface area (TPSA) is 40.6 Å². The maximum Gasteiger partial charge on any atom is 0.243 e. The van der Waals surface area contributed by atoms with Gasteiger partial charge in [-0.05, 0) is 42.2 Å². The average molecular weight is 441 g/mol. The van der Waals surface area contributed by atoms with Crippen molar-refractivity contribution in [2.45, 2.75) is 16.3 Å². The molecule has 0 unspecified atom stereocenters. The van der Waals surface area contributed by atoms with Crippen molar-refractivity contribution in [1.29, 1.82) is 0 Å². The van der Waals surface area contributed by atoms with Crippen molar-refractivity contribution in [2.75, 3.05) is 32.4 Å². The van der Waals surface area contributed by atoms with Crippen LogP contribution in [-0.2, 0) is 16.6 Å². The van der Waals surface area contributed by atoms with Crippen LogP contribution in [0.4, 0.5) is 0 Å². The summed E-state index contributed by atoms with van der Waals surface area (Å²) in [4.78, 5) is 3.91. The molecule has 0 amide bonds. The van der Waals surface area contributed by atoms with Crippen molar-refractivity contribution < 1.29 is 8.42 Å². The van der Waals surface area contributed by atoms with Crippen LogP contribution in [0.25, 0.3) is 0 Å². The normalized spacial score (nSPS) is 16.9. The summed E-state index contributed by atoms with van der Waals surface area (Å²) < 4.78 is 27.9. The van der Waals surface area contributed by atoms with Crippen molar-refractivity contribution in [3.05, 3.63) is 58.6 Å². The van der Waals surface area contributed by atoms with Gasteiger partial charge in [-0.1, -0.05) is 34.1 Å². The molecule has 0 aliphatic carbocycles. The number of rotatable bonds is 5. The van der Waals surface area contributed by atoms with Gasteiger partial charge in [-0.15, -0.1) is 11.8 Å². The van der Waals surface area contributed by atoms with Crippen LogP contribution in [0.2, 0.25) is 0 Å². The Morgan fingerprint density at radius 1 is 1.04 bits per heavy atom. The summed E-state index contributed by atoms with van der Waals surface area (Å²) in [5, 5.41) is 0. The molecular weight excluding hydrogens is 420 g/mol. The Labute approximate surface area is 162 Å². The SMILES string of the molecule is CSc1ccc(CN2CCN(S(=O)(=O)c3cccc(Br)c3)CC2)cc1. The van der Waals surface area contributed by atoms with Gasteiger partial charge >= 0.3 is 0 Å². The van der Waals surface area contributed by atoms with Crippen molar-refractivity contribution in [2.24, 2.45) is 0 Å². The Morgan fingerprint density at radius 2 is 1.72 bits per heavy atom. The van der Waals surface area contributed by atoms with Gasteiger partial charge in [-0.2, -0.15) is 4.31 Å². The van der Waals surface area contributed by atoms with E-state index in [-0.39, 0.29) is 0 Å². The second-order valence-electron chi connectivity index (χ2n) is 5.99. The van der Waals surface area contributed by atoms with E-state index in [9.17, 15) is 8.42 Å². The number of nitrogens with zero attached hydrogens (tertiary/aromatic N) is 2. The summed E-state index contributed by atoms with van der Waals surface area (Å²) in [5.74, 6) is 0. The second-order valence-corrected chi connectivity index (χ2v) is 9.72. The first-order valence-electron chi connectivity index (χ1n) is 8.10. The molecule has 134 valence electrons. The van der Waals surface area contributed by atoms with Crippen LogP contribution in [0.15, 0.2) is 62.8 Å². The van der Waals surface area contributed by atoms with E-state index in [1.165, 1.54) is 10.5 Å². The minimum atomic E-state index is -3.42. The zero-order valence-electron chi connectivity index (χ0n) is 14.1. The molecule has 1 aliphatic heterocycles. The molecule has 2 aromatic rings. The lowest BCUT2D eigenvalue weighted by molar-refractivity contribution is 0.181. The van der Waals surface area contributed by atoms with E-state index in [2.05, 4.69) is 51.4 Å². The first kappa shape index (κ1) is 18.9. The van der Waals surface area contributed by atoms with Gasteiger partial charge in [0.05, 0.1) is 4.90 Å². The van der Waals surface area contributed by atoms with Crippen LogP contribution in [-0.4, -0.2) is 50.1 Å². The number of sulfonamides is 1. The highest BCUT2D eigenvalue weighted by atomic mass is 79.9. The van der Waals surface area contributed by atoms with E-state index in [4.69, 9.17) is 0 Å². The number of halogens is 1. The molecule has 1 heterocycles. The summed E-state index contributed by atoms with van der Waals surface area (Å²) >= 11 is 5.08. The van der Waals surface area contributed by atoms with E-state index in [1.54, 1.807) is 34.3 Å². The van der Waals surface area contributed by atoms with Crippen LogP contribution >= 0.6 is 27.7 Å². The van der Waals surface area contributed by atoms with Gasteiger partial charge in [0.15, 0.2) is 0 Å². The molecule has 1 saturated heterocycles. The highest BCUT2D eigenvalue weighted by molar-refractivity contribution is 9.10. The summed E-state index contributed by atoms with van der Waals surface area (Å²) in [6.07, 6.45) is 2.07. The van der Waals surface area contributed by atoms with Crippen LogP contribution in [0.5, 0.6) is 0 Å². The third-order valence-corrected chi connectivity index (χ3v) is 7.46. The van der Waals surface area contributed by atoms with Gasteiger partial charge in [0.1, 0.15) is 0 Å². The lowest BCUT2D eigenvalue weighted by Gasteiger charge is -2.34. The highest BCUT2D eigenvalue weighted by Gasteiger charge is 2.28. The molecule has 0 aromatic heterocycles. The minimum Gasteiger partial charge on any atom is -0.296 e. The highest BCUT2D eigenvalue weighted by Crippen LogP contribution is 2.22. The van der Waals surface area contributed by atoms with Gasteiger partial charge in [0.25, 0.3) is 0 Å². The van der Waals surface area contributed by atoms with Gasteiger partial charge in [-0.3, -0.25) is 4.90 Å². The number of piperazine rings is 1. The number of hydrogen-bond acceptors (Lipinski definition) is 4. The van der Waals surface area contributed by atoms with Crippen molar-refractivity contribution in [1.82, 2.24) is 9.21 Å². The second kappa shape index (κ2) is 8.22. The van der Waals surface area contributed by atoms with E-state index >= 15 is 0 Å². The van der Waals surface area contributed by atoms with Crippen LogP contribution in [0, 0.1) is 0 Å². The smallest absolute Gasteiger partial charge is 0.243 e. The third-order valence-electron chi connectivity index (χ3n) is 4.33. The van der Waals surface area contributed by atoms with Crippen LogP contribution < -0.4 is 0 Å². The van der Waals surface area contributed by atoms with E-state index in [0.717, 1.165) is 24.1 Å².